The summed E-state index contributed by atoms with van der Waals surface area (Å²) in [7, 11) is 0. The van der Waals surface area contributed by atoms with Crippen molar-refractivity contribution in [3.05, 3.63) is 0 Å². The molecule has 3 heterocycles. The van der Waals surface area contributed by atoms with E-state index in [1.165, 1.54) is 25.9 Å². The maximum absolute atomic E-state index is 12.4. The lowest BCUT2D eigenvalue weighted by atomic mass is 9.82. The van der Waals surface area contributed by atoms with E-state index in [2.05, 4.69) is 16.3 Å². The SMILES string of the molecule is N#CC1(C(=O)NC2CN3CCC2CC3)CCCC1. The first-order chi connectivity index (χ1) is 8.73. The van der Waals surface area contributed by atoms with Crippen molar-refractivity contribution in [2.24, 2.45) is 11.3 Å². The van der Waals surface area contributed by atoms with Crippen molar-refractivity contribution < 1.29 is 4.79 Å². The van der Waals surface area contributed by atoms with Gasteiger partial charge in [0.05, 0.1) is 6.07 Å². The highest BCUT2D eigenvalue weighted by molar-refractivity contribution is 5.86. The minimum Gasteiger partial charge on any atom is -0.350 e. The lowest BCUT2D eigenvalue weighted by Gasteiger charge is -2.45. The Balaban J connectivity index is 1.66. The lowest BCUT2D eigenvalue weighted by molar-refractivity contribution is -0.130. The number of hydrogen-bond donors (Lipinski definition) is 1. The van der Waals surface area contributed by atoms with Crippen molar-refractivity contribution in [1.29, 1.82) is 5.26 Å². The van der Waals surface area contributed by atoms with Crippen molar-refractivity contribution in [2.75, 3.05) is 19.6 Å². The fraction of sp³-hybridized carbons (Fsp3) is 0.857. The molecule has 3 saturated heterocycles. The van der Waals surface area contributed by atoms with Crippen LogP contribution in [0, 0.1) is 22.7 Å². The van der Waals surface area contributed by atoms with Crippen molar-refractivity contribution in [2.45, 2.75) is 44.6 Å². The van der Waals surface area contributed by atoms with E-state index in [9.17, 15) is 10.1 Å². The predicted molar refractivity (Wildman–Crippen MR) is 67.6 cm³/mol. The average Bonchev–Trinajstić information content (AvgIpc) is 2.90. The highest BCUT2D eigenvalue weighted by Crippen LogP contribution is 2.38. The number of carbonyl (C=O) groups excluding carboxylic acids is 1. The van der Waals surface area contributed by atoms with Crippen LogP contribution in [-0.2, 0) is 4.79 Å². The topological polar surface area (TPSA) is 56.1 Å². The summed E-state index contributed by atoms with van der Waals surface area (Å²) in [4.78, 5) is 14.8. The molecule has 0 spiro atoms. The molecular formula is C14H21N3O. The molecule has 0 aromatic carbocycles. The molecule has 0 aromatic rings. The van der Waals surface area contributed by atoms with E-state index in [0.717, 1.165) is 32.2 Å². The van der Waals surface area contributed by atoms with Gasteiger partial charge in [-0.25, -0.2) is 0 Å². The Kier molecular flexibility index (Phi) is 3.03. The lowest BCUT2D eigenvalue weighted by Crippen LogP contribution is -2.59. The number of carbonyl (C=O) groups is 1. The van der Waals surface area contributed by atoms with Crippen molar-refractivity contribution in [1.82, 2.24) is 10.2 Å². The third kappa shape index (κ3) is 1.91. The van der Waals surface area contributed by atoms with E-state index < -0.39 is 5.41 Å². The van der Waals surface area contributed by atoms with Crippen LogP contribution in [0.4, 0.5) is 0 Å². The summed E-state index contributed by atoms with van der Waals surface area (Å²) in [6.07, 6.45) is 5.92. The van der Waals surface area contributed by atoms with Crippen molar-refractivity contribution in [3.8, 4) is 6.07 Å². The zero-order valence-corrected chi connectivity index (χ0v) is 10.8. The molecule has 1 atom stereocenters. The molecule has 2 bridgehead atoms. The molecule has 4 rings (SSSR count). The van der Waals surface area contributed by atoms with E-state index in [-0.39, 0.29) is 11.9 Å². The number of nitrogens with one attached hydrogen (secondary N) is 1. The zero-order valence-electron chi connectivity index (χ0n) is 10.8. The summed E-state index contributed by atoms with van der Waals surface area (Å²) in [6, 6.07) is 2.57. The molecule has 1 N–H and O–H groups in total. The van der Waals surface area contributed by atoms with E-state index >= 15 is 0 Å². The summed E-state index contributed by atoms with van der Waals surface area (Å²) in [5.41, 5.74) is -0.716. The zero-order chi connectivity index (χ0) is 12.6. The second kappa shape index (κ2) is 4.55. The Morgan fingerprint density at radius 3 is 2.44 bits per heavy atom. The van der Waals surface area contributed by atoms with Gasteiger partial charge in [0.25, 0.3) is 0 Å². The number of nitrogens with zero attached hydrogens (tertiary/aromatic N) is 2. The summed E-state index contributed by atoms with van der Waals surface area (Å²) in [5, 5.41) is 12.5. The van der Waals surface area contributed by atoms with Crippen LogP contribution in [0.2, 0.25) is 0 Å². The van der Waals surface area contributed by atoms with Gasteiger partial charge in [-0.3, -0.25) is 4.79 Å². The van der Waals surface area contributed by atoms with Crippen LogP contribution in [0.5, 0.6) is 0 Å². The number of rotatable bonds is 2. The third-order valence-corrected chi connectivity index (χ3v) is 5.08. The van der Waals surface area contributed by atoms with Gasteiger partial charge in [0, 0.05) is 12.6 Å². The number of amides is 1. The molecule has 4 nitrogen and oxygen atoms in total. The summed E-state index contributed by atoms with van der Waals surface area (Å²) in [6.45, 7) is 3.35. The Morgan fingerprint density at radius 1 is 1.28 bits per heavy atom. The summed E-state index contributed by atoms with van der Waals surface area (Å²) >= 11 is 0. The van der Waals surface area contributed by atoms with Crippen LogP contribution in [0.1, 0.15) is 38.5 Å². The smallest absolute Gasteiger partial charge is 0.240 e. The number of hydrogen-bond acceptors (Lipinski definition) is 3. The maximum atomic E-state index is 12.4. The largest absolute Gasteiger partial charge is 0.350 e. The quantitative estimate of drug-likeness (QED) is 0.799. The molecule has 4 aliphatic rings. The Bertz CT molecular complexity index is 373. The molecule has 0 radical (unpaired) electrons. The van der Waals surface area contributed by atoms with Crippen LogP contribution < -0.4 is 5.32 Å². The maximum Gasteiger partial charge on any atom is 0.240 e. The molecule has 18 heavy (non-hydrogen) atoms. The van der Waals surface area contributed by atoms with Crippen LogP contribution in [0.3, 0.4) is 0 Å². The summed E-state index contributed by atoms with van der Waals surface area (Å²) in [5.74, 6) is 0.636. The first-order valence-corrected chi connectivity index (χ1v) is 7.18. The fourth-order valence-corrected chi connectivity index (χ4v) is 3.80. The Labute approximate surface area is 108 Å². The number of nitriles is 1. The van der Waals surface area contributed by atoms with Gasteiger partial charge in [-0.1, -0.05) is 12.8 Å². The van der Waals surface area contributed by atoms with Gasteiger partial charge in [-0.2, -0.15) is 5.26 Å². The van der Waals surface area contributed by atoms with Gasteiger partial charge < -0.3 is 10.2 Å². The molecule has 3 aliphatic heterocycles. The van der Waals surface area contributed by atoms with Crippen LogP contribution >= 0.6 is 0 Å². The predicted octanol–water partition coefficient (Wildman–Crippen LogP) is 1.28. The van der Waals surface area contributed by atoms with Crippen LogP contribution in [0.15, 0.2) is 0 Å². The van der Waals surface area contributed by atoms with Crippen LogP contribution in [-0.4, -0.2) is 36.5 Å². The third-order valence-electron chi connectivity index (χ3n) is 5.08. The van der Waals surface area contributed by atoms with Crippen molar-refractivity contribution >= 4 is 5.91 Å². The first kappa shape index (κ1) is 12.0. The monoisotopic (exact) mass is 247 g/mol. The summed E-state index contributed by atoms with van der Waals surface area (Å²) < 4.78 is 0. The second-order valence-electron chi connectivity index (χ2n) is 6.12. The van der Waals surface area contributed by atoms with Gasteiger partial charge in [0.2, 0.25) is 5.91 Å². The van der Waals surface area contributed by atoms with E-state index in [1.807, 2.05) is 0 Å². The number of fused-ring (bicyclic) bond motifs is 3. The molecule has 0 aromatic heterocycles. The molecule has 4 fully saturated rings. The first-order valence-electron chi connectivity index (χ1n) is 7.18. The fourth-order valence-electron chi connectivity index (χ4n) is 3.80. The molecule has 98 valence electrons. The normalized spacial score (nSPS) is 37.2. The molecule has 1 unspecified atom stereocenters. The standard InChI is InChI=1S/C14H21N3O/c15-10-14(5-1-2-6-14)13(18)16-12-9-17-7-3-11(12)4-8-17/h11-12H,1-9H2,(H,16,18). The average molecular weight is 247 g/mol. The van der Waals surface area contributed by atoms with E-state index in [4.69, 9.17) is 0 Å². The van der Waals surface area contributed by atoms with Crippen LogP contribution in [0.25, 0.3) is 0 Å². The van der Waals surface area contributed by atoms with Gasteiger partial charge in [0.15, 0.2) is 0 Å². The van der Waals surface area contributed by atoms with Gasteiger partial charge >= 0.3 is 0 Å². The minimum absolute atomic E-state index is 0.00116. The minimum atomic E-state index is -0.716. The van der Waals surface area contributed by atoms with Gasteiger partial charge in [0.1, 0.15) is 5.41 Å². The molecule has 1 aliphatic carbocycles. The molecular weight excluding hydrogens is 226 g/mol. The van der Waals surface area contributed by atoms with E-state index in [0.29, 0.717) is 5.92 Å². The highest BCUT2D eigenvalue weighted by atomic mass is 16.2. The second-order valence-corrected chi connectivity index (χ2v) is 6.12. The Hall–Kier alpha value is -1.08. The molecule has 4 heteroatoms. The van der Waals surface area contributed by atoms with E-state index in [1.54, 1.807) is 0 Å². The molecule has 1 amide bonds. The van der Waals surface area contributed by atoms with Gasteiger partial charge in [-0.05, 0) is 44.7 Å². The van der Waals surface area contributed by atoms with Crippen molar-refractivity contribution in [3.63, 3.8) is 0 Å². The van der Waals surface area contributed by atoms with Gasteiger partial charge in [-0.15, -0.1) is 0 Å². The molecule has 1 saturated carbocycles. The highest BCUT2D eigenvalue weighted by Gasteiger charge is 2.44. The Morgan fingerprint density at radius 2 is 1.94 bits per heavy atom. The number of piperidine rings is 3.